The molecule has 7 heteroatoms. The first-order valence-electron chi connectivity index (χ1n) is 5.77. The first-order valence-corrected chi connectivity index (χ1v) is 7.35. The lowest BCUT2D eigenvalue weighted by atomic mass is 10.2. The molecule has 2 N–H and O–H groups in total. The molecule has 0 aliphatic carbocycles. The molecular formula is C12H13Br2N3O2. The highest BCUT2D eigenvalue weighted by atomic mass is 79.9. The fourth-order valence-electron chi connectivity index (χ4n) is 1.53. The number of ether oxygens (including phenoxy) is 1. The second kappa shape index (κ2) is 6.49. The molecule has 2 rings (SSSR count). The molecule has 5 nitrogen and oxygen atoms in total. The van der Waals surface area contributed by atoms with Crippen molar-refractivity contribution >= 4 is 37.5 Å². The minimum atomic E-state index is 0.408. The van der Waals surface area contributed by atoms with Gasteiger partial charge in [-0.05, 0) is 35.0 Å². The molecule has 0 amide bonds. The minimum absolute atomic E-state index is 0.408. The zero-order valence-electron chi connectivity index (χ0n) is 10.3. The van der Waals surface area contributed by atoms with E-state index in [1.54, 1.807) is 0 Å². The summed E-state index contributed by atoms with van der Waals surface area (Å²) in [5.74, 6) is 1.02. The average Bonchev–Trinajstić information content (AvgIpc) is 2.83. The Bertz CT molecular complexity index is 572. The molecule has 0 spiro atoms. The highest BCUT2D eigenvalue weighted by molar-refractivity contribution is 9.11. The average molecular weight is 391 g/mol. The van der Waals surface area contributed by atoms with Crippen molar-refractivity contribution in [3.05, 3.63) is 26.9 Å². The standard InChI is InChI=1S/C12H13Br2N3O2/c1-2-18-4-3-10-16-12(19-17-10)8-5-7(13)6-9(14)11(8)15/h5-6H,2-4,15H2,1H3. The molecule has 2 aromatic rings. The zero-order valence-corrected chi connectivity index (χ0v) is 13.5. The summed E-state index contributed by atoms with van der Waals surface area (Å²) in [7, 11) is 0. The van der Waals surface area contributed by atoms with Gasteiger partial charge in [0.2, 0.25) is 0 Å². The summed E-state index contributed by atoms with van der Waals surface area (Å²) in [6.45, 7) is 3.20. The van der Waals surface area contributed by atoms with Gasteiger partial charge in [0.05, 0.1) is 17.9 Å². The lowest BCUT2D eigenvalue weighted by molar-refractivity contribution is 0.149. The van der Waals surface area contributed by atoms with E-state index in [1.807, 2.05) is 19.1 Å². The van der Waals surface area contributed by atoms with Crippen LogP contribution < -0.4 is 5.73 Å². The van der Waals surface area contributed by atoms with E-state index in [9.17, 15) is 0 Å². The number of nitrogens with two attached hydrogens (primary N) is 1. The molecule has 1 aromatic carbocycles. The normalized spacial score (nSPS) is 10.9. The number of hydrogen-bond acceptors (Lipinski definition) is 5. The minimum Gasteiger partial charge on any atom is -0.397 e. The Kier molecular flexibility index (Phi) is 4.95. The number of benzene rings is 1. The van der Waals surface area contributed by atoms with Crippen molar-refractivity contribution in [2.24, 2.45) is 0 Å². The molecule has 1 aromatic heterocycles. The predicted octanol–water partition coefficient (Wildman–Crippen LogP) is 3.42. The van der Waals surface area contributed by atoms with Crippen LogP contribution in [0.5, 0.6) is 0 Å². The van der Waals surface area contributed by atoms with Crippen LogP contribution in [-0.4, -0.2) is 23.4 Å². The zero-order chi connectivity index (χ0) is 13.8. The fraction of sp³-hybridized carbons (Fsp3) is 0.333. The third-order valence-electron chi connectivity index (χ3n) is 2.47. The molecule has 0 saturated carbocycles. The molecule has 0 aliphatic heterocycles. The molecule has 19 heavy (non-hydrogen) atoms. The third-order valence-corrected chi connectivity index (χ3v) is 3.58. The lowest BCUT2D eigenvalue weighted by Gasteiger charge is -2.04. The fourth-order valence-corrected chi connectivity index (χ4v) is 2.76. The van der Waals surface area contributed by atoms with E-state index in [0.717, 1.165) is 8.95 Å². The Labute approximate surface area is 127 Å². The van der Waals surface area contributed by atoms with Crippen LogP contribution in [0.2, 0.25) is 0 Å². The monoisotopic (exact) mass is 389 g/mol. The quantitative estimate of drug-likeness (QED) is 0.625. The molecule has 0 fully saturated rings. The Morgan fingerprint density at radius 2 is 2.16 bits per heavy atom. The van der Waals surface area contributed by atoms with E-state index in [1.165, 1.54) is 0 Å². The van der Waals surface area contributed by atoms with Crippen molar-refractivity contribution in [2.45, 2.75) is 13.3 Å². The summed E-state index contributed by atoms with van der Waals surface area (Å²) in [5, 5.41) is 3.91. The van der Waals surface area contributed by atoms with Crippen LogP contribution >= 0.6 is 31.9 Å². The Morgan fingerprint density at radius 3 is 2.89 bits per heavy atom. The van der Waals surface area contributed by atoms with E-state index in [0.29, 0.717) is 42.6 Å². The van der Waals surface area contributed by atoms with Crippen LogP contribution in [0, 0.1) is 0 Å². The molecule has 0 bridgehead atoms. The van der Waals surface area contributed by atoms with Gasteiger partial charge < -0.3 is 15.0 Å². The largest absolute Gasteiger partial charge is 0.397 e. The van der Waals surface area contributed by atoms with Gasteiger partial charge in [0.1, 0.15) is 0 Å². The number of hydrogen-bond donors (Lipinski definition) is 1. The van der Waals surface area contributed by atoms with Gasteiger partial charge in [0.25, 0.3) is 5.89 Å². The smallest absolute Gasteiger partial charge is 0.260 e. The maximum absolute atomic E-state index is 5.99. The lowest BCUT2D eigenvalue weighted by Crippen LogP contribution is -1.99. The summed E-state index contributed by atoms with van der Waals surface area (Å²) >= 11 is 6.79. The summed E-state index contributed by atoms with van der Waals surface area (Å²) < 4.78 is 12.2. The number of halogens is 2. The van der Waals surface area contributed by atoms with Crippen molar-refractivity contribution in [1.82, 2.24) is 10.1 Å². The van der Waals surface area contributed by atoms with Crippen molar-refractivity contribution in [1.29, 1.82) is 0 Å². The van der Waals surface area contributed by atoms with Crippen molar-refractivity contribution in [3.63, 3.8) is 0 Å². The highest BCUT2D eigenvalue weighted by Gasteiger charge is 2.14. The van der Waals surface area contributed by atoms with Gasteiger partial charge in [-0.2, -0.15) is 4.98 Å². The summed E-state index contributed by atoms with van der Waals surface area (Å²) in [5.41, 5.74) is 7.27. The number of nitrogens with zero attached hydrogens (tertiary/aromatic N) is 2. The second-order valence-corrected chi connectivity index (χ2v) is 5.58. The summed E-state index contributed by atoms with van der Waals surface area (Å²) in [6, 6.07) is 3.71. The molecule has 102 valence electrons. The predicted molar refractivity (Wildman–Crippen MR) is 79.7 cm³/mol. The van der Waals surface area contributed by atoms with Gasteiger partial charge in [0, 0.05) is 22.0 Å². The third kappa shape index (κ3) is 3.55. The molecule has 0 saturated heterocycles. The summed E-state index contributed by atoms with van der Waals surface area (Å²) in [4.78, 5) is 4.32. The SMILES string of the molecule is CCOCCc1noc(-c2cc(Br)cc(Br)c2N)n1. The van der Waals surface area contributed by atoms with Crippen LogP contribution in [0.15, 0.2) is 25.6 Å². The van der Waals surface area contributed by atoms with Gasteiger partial charge in [-0.15, -0.1) is 0 Å². The van der Waals surface area contributed by atoms with Crippen molar-refractivity contribution in [3.8, 4) is 11.5 Å². The van der Waals surface area contributed by atoms with Crippen molar-refractivity contribution < 1.29 is 9.26 Å². The van der Waals surface area contributed by atoms with Crippen LogP contribution in [0.4, 0.5) is 5.69 Å². The number of rotatable bonds is 5. The molecule has 0 aliphatic rings. The molecule has 0 unspecified atom stereocenters. The van der Waals surface area contributed by atoms with Gasteiger partial charge in [0.15, 0.2) is 5.82 Å². The molecular weight excluding hydrogens is 378 g/mol. The van der Waals surface area contributed by atoms with Crippen LogP contribution in [0.3, 0.4) is 0 Å². The Morgan fingerprint density at radius 1 is 1.37 bits per heavy atom. The van der Waals surface area contributed by atoms with E-state index in [-0.39, 0.29) is 0 Å². The second-order valence-electron chi connectivity index (χ2n) is 3.81. The van der Waals surface area contributed by atoms with E-state index in [4.69, 9.17) is 15.0 Å². The topological polar surface area (TPSA) is 74.2 Å². The Hall–Kier alpha value is -0.920. The molecule has 0 atom stereocenters. The van der Waals surface area contributed by atoms with Crippen LogP contribution in [-0.2, 0) is 11.2 Å². The van der Waals surface area contributed by atoms with Gasteiger partial charge in [-0.25, -0.2) is 0 Å². The number of anilines is 1. The Balaban J connectivity index is 2.23. The van der Waals surface area contributed by atoms with Gasteiger partial charge >= 0.3 is 0 Å². The number of aromatic nitrogens is 2. The highest BCUT2D eigenvalue weighted by Crippen LogP contribution is 2.34. The van der Waals surface area contributed by atoms with Gasteiger partial charge in [-0.1, -0.05) is 21.1 Å². The molecule has 1 heterocycles. The van der Waals surface area contributed by atoms with E-state index >= 15 is 0 Å². The molecule has 0 radical (unpaired) electrons. The van der Waals surface area contributed by atoms with E-state index < -0.39 is 0 Å². The van der Waals surface area contributed by atoms with E-state index in [2.05, 4.69) is 42.0 Å². The maximum atomic E-state index is 5.99. The number of nitrogen functional groups attached to an aromatic ring is 1. The maximum Gasteiger partial charge on any atom is 0.260 e. The van der Waals surface area contributed by atoms with Crippen molar-refractivity contribution in [2.75, 3.05) is 18.9 Å². The van der Waals surface area contributed by atoms with Gasteiger partial charge in [-0.3, -0.25) is 0 Å². The first-order chi connectivity index (χ1) is 9.11. The summed E-state index contributed by atoms with van der Waals surface area (Å²) in [6.07, 6.45) is 0.617. The first kappa shape index (κ1) is 14.5. The van der Waals surface area contributed by atoms with Crippen LogP contribution in [0.1, 0.15) is 12.7 Å². The van der Waals surface area contributed by atoms with Crippen LogP contribution in [0.25, 0.3) is 11.5 Å².